The zero-order valence-electron chi connectivity index (χ0n) is 13.6. The standard InChI is InChI=1S/C18H23BrN2O/c1-5-15(6-2)21-12(4)16(18(20)22)11(3)17(21)13-7-9-14(19)10-8-13/h7-10,15H,5-6H2,1-4H3,(H2,20,22). The molecule has 1 heterocycles. The first kappa shape index (κ1) is 16.8. The number of rotatable bonds is 5. The van der Waals surface area contributed by atoms with Gasteiger partial charge in [0.1, 0.15) is 0 Å². The first-order valence-electron chi connectivity index (χ1n) is 7.69. The van der Waals surface area contributed by atoms with E-state index in [4.69, 9.17) is 5.73 Å². The van der Waals surface area contributed by atoms with Gasteiger partial charge < -0.3 is 10.3 Å². The predicted molar refractivity (Wildman–Crippen MR) is 95.2 cm³/mol. The Labute approximate surface area is 140 Å². The van der Waals surface area contributed by atoms with E-state index in [1.54, 1.807) is 0 Å². The molecule has 0 aliphatic rings. The van der Waals surface area contributed by atoms with Crippen LogP contribution in [0, 0.1) is 13.8 Å². The highest BCUT2D eigenvalue weighted by Gasteiger charge is 2.24. The minimum absolute atomic E-state index is 0.349. The number of nitrogens with two attached hydrogens (primary N) is 1. The van der Waals surface area contributed by atoms with Gasteiger partial charge in [-0.2, -0.15) is 0 Å². The fourth-order valence-electron chi connectivity index (χ4n) is 3.30. The summed E-state index contributed by atoms with van der Waals surface area (Å²) in [6.07, 6.45) is 2.04. The number of hydrogen-bond donors (Lipinski definition) is 1. The summed E-state index contributed by atoms with van der Waals surface area (Å²) >= 11 is 3.47. The Balaban J connectivity index is 2.77. The molecule has 1 aromatic heterocycles. The number of nitrogens with zero attached hydrogens (tertiary/aromatic N) is 1. The molecule has 0 saturated carbocycles. The second kappa shape index (κ2) is 6.69. The van der Waals surface area contributed by atoms with E-state index >= 15 is 0 Å². The average molecular weight is 363 g/mol. The first-order valence-corrected chi connectivity index (χ1v) is 8.48. The van der Waals surface area contributed by atoms with Crippen molar-refractivity contribution in [2.45, 2.75) is 46.6 Å². The van der Waals surface area contributed by atoms with Crippen molar-refractivity contribution in [3.8, 4) is 11.3 Å². The van der Waals surface area contributed by atoms with Gasteiger partial charge in [0.15, 0.2) is 0 Å². The molecule has 0 fully saturated rings. The van der Waals surface area contributed by atoms with Gasteiger partial charge in [0.25, 0.3) is 5.91 Å². The zero-order valence-corrected chi connectivity index (χ0v) is 15.2. The monoisotopic (exact) mass is 362 g/mol. The van der Waals surface area contributed by atoms with Crippen LogP contribution in [-0.4, -0.2) is 10.5 Å². The SMILES string of the molecule is CCC(CC)n1c(C)c(C(N)=O)c(C)c1-c1ccc(Br)cc1. The predicted octanol–water partition coefficient (Wildman–Crippen LogP) is 4.99. The van der Waals surface area contributed by atoms with Gasteiger partial charge in [-0.1, -0.05) is 41.9 Å². The Kier molecular flexibility index (Phi) is 5.12. The van der Waals surface area contributed by atoms with Crippen LogP contribution in [0.15, 0.2) is 28.7 Å². The van der Waals surface area contributed by atoms with Gasteiger partial charge in [0, 0.05) is 16.2 Å². The summed E-state index contributed by atoms with van der Waals surface area (Å²) in [7, 11) is 0. The molecule has 0 saturated heterocycles. The summed E-state index contributed by atoms with van der Waals surface area (Å²) in [6.45, 7) is 8.34. The molecular formula is C18H23BrN2O. The molecule has 2 N–H and O–H groups in total. The molecule has 22 heavy (non-hydrogen) atoms. The number of benzene rings is 1. The molecule has 0 spiro atoms. The summed E-state index contributed by atoms with van der Waals surface area (Å²) in [5.41, 5.74) is 10.4. The molecule has 3 nitrogen and oxygen atoms in total. The van der Waals surface area contributed by atoms with Crippen molar-refractivity contribution in [1.82, 2.24) is 4.57 Å². The molecule has 2 aromatic rings. The van der Waals surface area contributed by atoms with Crippen LogP contribution in [0.2, 0.25) is 0 Å². The van der Waals surface area contributed by atoms with E-state index < -0.39 is 0 Å². The Morgan fingerprint density at radius 2 is 1.73 bits per heavy atom. The Morgan fingerprint density at radius 3 is 2.18 bits per heavy atom. The van der Waals surface area contributed by atoms with Crippen LogP contribution in [0.3, 0.4) is 0 Å². The molecule has 1 amide bonds. The molecule has 0 aliphatic heterocycles. The quantitative estimate of drug-likeness (QED) is 0.799. The van der Waals surface area contributed by atoms with E-state index in [9.17, 15) is 4.79 Å². The van der Waals surface area contributed by atoms with Crippen molar-refractivity contribution in [3.05, 3.63) is 45.6 Å². The lowest BCUT2D eigenvalue weighted by Crippen LogP contribution is -2.15. The normalized spacial score (nSPS) is 11.2. The minimum Gasteiger partial charge on any atom is -0.366 e. The molecule has 118 valence electrons. The Morgan fingerprint density at radius 1 is 1.18 bits per heavy atom. The van der Waals surface area contributed by atoms with Crippen LogP contribution in [0.4, 0.5) is 0 Å². The molecule has 4 heteroatoms. The Hall–Kier alpha value is -1.55. The molecule has 0 atom stereocenters. The lowest BCUT2D eigenvalue weighted by atomic mass is 10.0. The lowest BCUT2D eigenvalue weighted by molar-refractivity contribution is 0.0999. The van der Waals surface area contributed by atoms with Crippen molar-refractivity contribution in [2.75, 3.05) is 0 Å². The highest BCUT2D eigenvalue weighted by molar-refractivity contribution is 9.10. The smallest absolute Gasteiger partial charge is 0.250 e. The second-order valence-electron chi connectivity index (χ2n) is 5.65. The van der Waals surface area contributed by atoms with Gasteiger partial charge in [-0.25, -0.2) is 0 Å². The van der Waals surface area contributed by atoms with E-state index in [1.165, 1.54) is 0 Å². The summed E-state index contributed by atoms with van der Waals surface area (Å²) in [4.78, 5) is 11.9. The van der Waals surface area contributed by atoms with Crippen LogP contribution in [0.25, 0.3) is 11.3 Å². The minimum atomic E-state index is -0.349. The molecule has 2 rings (SSSR count). The Bertz CT molecular complexity index is 682. The van der Waals surface area contributed by atoms with E-state index in [0.717, 1.165) is 39.8 Å². The van der Waals surface area contributed by atoms with Crippen LogP contribution < -0.4 is 5.73 Å². The van der Waals surface area contributed by atoms with Crippen LogP contribution >= 0.6 is 15.9 Å². The third kappa shape index (κ3) is 2.84. The van der Waals surface area contributed by atoms with E-state index in [2.05, 4.69) is 46.5 Å². The maximum absolute atomic E-state index is 11.9. The number of halogens is 1. The fourth-order valence-corrected chi connectivity index (χ4v) is 3.56. The number of aromatic nitrogens is 1. The average Bonchev–Trinajstić information content (AvgIpc) is 2.73. The number of primary amides is 1. The summed E-state index contributed by atoms with van der Waals surface area (Å²) in [5.74, 6) is -0.349. The van der Waals surface area contributed by atoms with Crippen LogP contribution in [0.1, 0.15) is 54.3 Å². The van der Waals surface area contributed by atoms with Crippen molar-refractivity contribution in [2.24, 2.45) is 5.73 Å². The molecule has 0 radical (unpaired) electrons. The van der Waals surface area contributed by atoms with Gasteiger partial charge in [-0.3, -0.25) is 4.79 Å². The maximum atomic E-state index is 11.9. The second-order valence-corrected chi connectivity index (χ2v) is 6.56. The van der Waals surface area contributed by atoms with Crippen molar-refractivity contribution in [1.29, 1.82) is 0 Å². The van der Waals surface area contributed by atoms with E-state index in [-0.39, 0.29) is 5.91 Å². The van der Waals surface area contributed by atoms with Crippen molar-refractivity contribution in [3.63, 3.8) is 0 Å². The number of carbonyl (C=O) groups excluding carboxylic acids is 1. The largest absolute Gasteiger partial charge is 0.366 e. The molecule has 0 bridgehead atoms. The fraction of sp³-hybridized carbons (Fsp3) is 0.389. The van der Waals surface area contributed by atoms with Gasteiger partial charge in [0.05, 0.1) is 11.3 Å². The summed E-state index contributed by atoms with van der Waals surface area (Å²) in [5, 5.41) is 0. The van der Waals surface area contributed by atoms with Gasteiger partial charge in [-0.05, 0) is 49.9 Å². The topological polar surface area (TPSA) is 48.0 Å². The molecule has 0 aliphatic carbocycles. The number of hydrogen-bond acceptors (Lipinski definition) is 1. The van der Waals surface area contributed by atoms with Crippen LogP contribution in [-0.2, 0) is 0 Å². The first-order chi connectivity index (χ1) is 10.4. The number of amides is 1. The molecular weight excluding hydrogens is 340 g/mol. The number of carbonyl (C=O) groups is 1. The lowest BCUT2D eigenvalue weighted by Gasteiger charge is -2.21. The van der Waals surface area contributed by atoms with Gasteiger partial charge >= 0.3 is 0 Å². The summed E-state index contributed by atoms with van der Waals surface area (Å²) < 4.78 is 3.33. The van der Waals surface area contributed by atoms with Gasteiger partial charge in [0.2, 0.25) is 0 Å². The third-order valence-corrected chi connectivity index (χ3v) is 4.89. The highest BCUT2D eigenvalue weighted by atomic mass is 79.9. The van der Waals surface area contributed by atoms with Crippen LogP contribution in [0.5, 0.6) is 0 Å². The third-order valence-electron chi connectivity index (χ3n) is 4.37. The van der Waals surface area contributed by atoms with Gasteiger partial charge in [-0.15, -0.1) is 0 Å². The summed E-state index contributed by atoms with van der Waals surface area (Å²) in [6, 6.07) is 8.58. The zero-order chi connectivity index (χ0) is 16.4. The maximum Gasteiger partial charge on any atom is 0.250 e. The van der Waals surface area contributed by atoms with E-state index in [1.807, 2.05) is 26.0 Å². The van der Waals surface area contributed by atoms with Crippen molar-refractivity contribution < 1.29 is 4.79 Å². The van der Waals surface area contributed by atoms with E-state index in [0.29, 0.717) is 11.6 Å². The highest BCUT2D eigenvalue weighted by Crippen LogP contribution is 2.36. The molecule has 1 aromatic carbocycles. The van der Waals surface area contributed by atoms with Crippen molar-refractivity contribution >= 4 is 21.8 Å². The molecule has 0 unspecified atom stereocenters.